The molecule has 24 heavy (non-hydrogen) atoms. The van der Waals surface area contributed by atoms with E-state index < -0.39 is 15.7 Å². The van der Waals surface area contributed by atoms with E-state index in [1.807, 2.05) is 19.9 Å². The van der Waals surface area contributed by atoms with Crippen LogP contribution in [0.15, 0.2) is 50.7 Å². The lowest BCUT2D eigenvalue weighted by Crippen LogP contribution is -2.16. The van der Waals surface area contributed by atoms with Crippen LogP contribution in [-0.4, -0.2) is 19.3 Å². The highest BCUT2D eigenvalue weighted by Gasteiger charge is 2.29. The van der Waals surface area contributed by atoms with E-state index in [-0.39, 0.29) is 15.5 Å². The SMILES string of the molecule is Cc1cc(C)cc(S(=O)(=O)c2c(C(N)=O)[nH]c3ccc(Br)cc23)c1. The van der Waals surface area contributed by atoms with Crippen molar-refractivity contribution >= 4 is 42.6 Å². The van der Waals surface area contributed by atoms with Crippen molar-refractivity contribution in [2.45, 2.75) is 23.6 Å². The Labute approximate surface area is 147 Å². The van der Waals surface area contributed by atoms with Gasteiger partial charge in [0.15, 0.2) is 0 Å². The number of benzene rings is 2. The molecule has 1 heterocycles. The fourth-order valence-electron chi connectivity index (χ4n) is 2.80. The minimum absolute atomic E-state index is 0.0868. The normalized spacial score (nSPS) is 11.8. The molecule has 124 valence electrons. The molecule has 0 unspecified atom stereocenters. The van der Waals surface area contributed by atoms with Crippen molar-refractivity contribution < 1.29 is 13.2 Å². The van der Waals surface area contributed by atoms with E-state index in [2.05, 4.69) is 20.9 Å². The minimum atomic E-state index is -3.91. The molecule has 0 saturated heterocycles. The van der Waals surface area contributed by atoms with Crippen LogP contribution in [0.5, 0.6) is 0 Å². The summed E-state index contributed by atoms with van der Waals surface area (Å²) in [5, 5.41) is 0.428. The van der Waals surface area contributed by atoms with Crippen LogP contribution in [-0.2, 0) is 9.84 Å². The van der Waals surface area contributed by atoms with Crippen LogP contribution >= 0.6 is 15.9 Å². The van der Waals surface area contributed by atoms with E-state index in [1.54, 1.807) is 30.3 Å². The first kappa shape index (κ1) is 16.7. The van der Waals surface area contributed by atoms with Crippen molar-refractivity contribution in [2.75, 3.05) is 0 Å². The number of aromatic amines is 1. The molecule has 0 aliphatic carbocycles. The summed E-state index contributed by atoms with van der Waals surface area (Å²) >= 11 is 3.33. The first-order valence-corrected chi connectivity index (χ1v) is 9.42. The van der Waals surface area contributed by atoms with Gasteiger partial charge in [-0.15, -0.1) is 0 Å². The predicted octanol–water partition coefficient (Wildman–Crippen LogP) is 3.48. The van der Waals surface area contributed by atoms with Gasteiger partial charge in [0.2, 0.25) is 9.84 Å². The van der Waals surface area contributed by atoms with Crippen LogP contribution in [0.25, 0.3) is 10.9 Å². The van der Waals surface area contributed by atoms with Crippen molar-refractivity contribution in [1.29, 1.82) is 0 Å². The van der Waals surface area contributed by atoms with Crippen LogP contribution < -0.4 is 5.73 Å². The number of aromatic nitrogens is 1. The van der Waals surface area contributed by atoms with Gasteiger partial charge in [-0.25, -0.2) is 8.42 Å². The first-order valence-electron chi connectivity index (χ1n) is 7.14. The van der Waals surface area contributed by atoms with Crippen LogP contribution in [0, 0.1) is 13.8 Å². The number of carbonyl (C=O) groups is 1. The van der Waals surface area contributed by atoms with Gasteiger partial charge in [0.25, 0.3) is 5.91 Å². The molecule has 3 N–H and O–H groups in total. The zero-order valence-corrected chi connectivity index (χ0v) is 15.5. The molecule has 7 heteroatoms. The lowest BCUT2D eigenvalue weighted by molar-refractivity contribution is 0.0993. The van der Waals surface area contributed by atoms with Gasteiger partial charge < -0.3 is 10.7 Å². The Bertz CT molecular complexity index is 1060. The van der Waals surface area contributed by atoms with E-state index in [1.165, 1.54) is 0 Å². The molecule has 3 rings (SSSR count). The number of hydrogen-bond donors (Lipinski definition) is 2. The summed E-state index contributed by atoms with van der Waals surface area (Å²) < 4.78 is 27.1. The third-order valence-corrected chi connectivity index (χ3v) is 6.04. The number of aryl methyl sites for hydroxylation is 2. The van der Waals surface area contributed by atoms with E-state index in [0.29, 0.717) is 15.4 Å². The van der Waals surface area contributed by atoms with Gasteiger partial charge in [0.05, 0.1) is 4.90 Å². The van der Waals surface area contributed by atoms with Crippen molar-refractivity contribution in [3.8, 4) is 0 Å². The second-order valence-electron chi connectivity index (χ2n) is 5.71. The Morgan fingerprint density at radius 3 is 2.29 bits per heavy atom. The Hall–Kier alpha value is -2.12. The number of sulfone groups is 1. The Morgan fingerprint density at radius 1 is 1.08 bits per heavy atom. The van der Waals surface area contributed by atoms with Crippen LogP contribution in [0.1, 0.15) is 21.6 Å². The van der Waals surface area contributed by atoms with Gasteiger partial charge >= 0.3 is 0 Å². The van der Waals surface area contributed by atoms with Gasteiger partial charge in [0.1, 0.15) is 10.6 Å². The maximum Gasteiger partial charge on any atom is 0.266 e. The highest BCUT2D eigenvalue weighted by molar-refractivity contribution is 9.10. The summed E-state index contributed by atoms with van der Waals surface area (Å²) in [7, 11) is -3.91. The van der Waals surface area contributed by atoms with Crippen LogP contribution in [0.3, 0.4) is 0 Å². The Balaban J connectivity index is 2.40. The molecule has 0 aliphatic rings. The smallest absolute Gasteiger partial charge is 0.266 e. The summed E-state index contributed by atoms with van der Waals surface area (Å²) in [5.74, 6) is -0.815. The molecule has 0 fully saturated rings. The number of rotatable bonds is 3. The summed E-state index contributed by atoms with van der Waals surface area (Å²) in [6, 6.07) is 10.2. The number of nitrogens with two attached hydrogens (primary N) is 1. The average Bonchev–Trinajstić information content (AvgIpc) is 2.85. The molecule has 5 nitrogen and oxygen atoms in total. The van der Waals surface area contributed by atoms with Gasteiger partial charge in [-0.05, 0) is 55.3 Å². The Kier molecular flexibility index (Phi) is 4.01. The maximum absolute atomic E-state index is 13.2. The topological polar surface area (TPSA) is 93.0 Å². The number of carbonyl (C=O) groups excluding carboxylic acids is 1. The number of fused-ring (bicyclic) bond motifs is 1. The monoisotopic (exact) mass is 406 g/mol. The van der Waals surface area contributed by atoms with E-state index in [0.717, 1.165) is 11.1 Å². The number of nitrogens with one attached hydrogen (secondary N) is 1. The largest absolute Gasteiger partial charge is 0.364 e. The van der Waals surface area contributed by atoms with Crippen molar-refractivity contribution in [2.24, 2.45) is 5.73 Å². The molecule has 1 aromatic heterocycles. The molecule has 0 aliphatic heterocycles. The third kappa shape index (κ3) is 2.74. The lowest BCUT2D eigenvalue weighted by Gasteiger charge is -2.08. The molecule has 2 aromatic carbocycles. The molecule has 1 amide bonds. The zero-order valence-electron chi connectivity index (χ0n) is 13.1. The first-order chi connectivity index (χ1) is 11.2. The van der Waals surface area contributed by atoms with E-state index in [9.17, 15) is 13.2 Å². The summed E-state index contributed by atoms with van der Waals surface area (Å²) in [6.07, 6.45) is 0. The van der Waals surface area contributed by atoms with Crippen molar-refractivity contribution in [1.82, 2.24) is 4.98 Å². The molecule has 0 radical (unpaired) electrons. The standard InChI is InChI=1S/C17H15BrN2O3S/c1-9-5-10(2)7-12(6-9)24(22,23)16-13-8-11(18)3-4-14(13)20-15(16)17(19)21/h3-8,20H,1-2H3,(H2,19,21). The summed E-state index contributed by atoms with van der Waals surface area (Å²) in [6.45, 7) is 3.65. The second-order valence-corrected chi connectivity index (χ2v) is 8.51. The highest BCUT2D eigenvalue weighted by Crippen LogP contribution is 2.33. The molecular formula is C17H15BrN2O3S. The van der Waals surface area contributed by atoms with E-state index in [4.69, 9.17) is 5.73 Å². The van der Waals surface area contributed by atoms with Gasteiger partial charge in [-0.3, -0.25) is 4.79 Å². The van der Waals surface area contributed by atoms with E-state index >= 15 is 0 Å². The number of primary amides is 1. The third-order valence-electron chi connectivity index (χ3n) is 3.73. The predicted molar refractivity (Wildman–Crippen MR) is 95.9 cm³/mol. The number of halogens is 1. The number of H-pyrrole nitrogens is 1. The van der Waals surface area contributed by atoms with Crippen LogP contribution in [0.4, 0.5) is 0 Å². The maximum atomic E-state index is 13.2. The molecule has 0 bridgehead atoms. The molecule has 0 spiro atoms. The number of hydrogen-bond acceptors (Lipinski definition) is 3. The number of amides is 1. The lowest BCUT2D eigenvalue weighted by atomic mass is 10.2. The van der Waals surface area contributed by atoms with Gasteiger partial charge in [-0.1, -0.05) is 22.0 Å². The molecule has 0 saturated carbocycles. The van der Waals surface area contributed by atoms with Gasteiger partial charge in [0, 0.05) is 15.4 Å². The fourth-order valence-corrected chi connectivity index (χ4v) is 4.96. The minimum Gasteiger partial charge on any atom is -0.364 e. The fraction of sp³-hybridized carbons (Fsp3) is 0.118. The molecule has 0 atom stereocenters. The average molecular weight is 407 g/mol. The van der Waals surface area contributed by atoms with Crippen LogP contribution in [0.2, 0.25) is 0 Å². The zero-order chi connectivity index (χ0) is 17.6. The molecular weight excluding hydrogens is 392 g/mol. The van der Waals surface area contributed by atoms with Gasteiger partial charge in [-0.2, -0.15) is 0 Å². The van der Waals surface area contributed by atoms with Crippen molar-refractivity contribution in [3.63, 3.8) is 0 Å². The Morgan fingerprint density at radius 2 is 1.71 bits per heavy atom. The summed E-state index contributed by atoms with van der Waals surface area (Å²) in [5.41, 5.74) is 7.49. The second kappa shape index (κ2) is 5.75. The highest BCUT2D eigenvalue weighted by atomic mass is 79.9. The summed E-state index contributed by atoms with van der Waals surface area (Å²) in [4.78, 5) is 14.7. The molecule has 3 aromatic rings. The van der Waals surface area contributed by atoms with Crippen molar-refractivity contribution in [3.05, 3.63) is 57.7 Å². The quantitative estimate of drug-likeness (QED) is 0.696.